The van der Waals surface area contributed by atoms with E-state index in [4.69, 9.17) is 0 Å². The Balaban J connectivity index is 1.25. The molecule has 2 aromatic carbocycles. The number of sulfonamides is 2. The fourth-order valence-electron chi connectivity index (χ4n) is 4.23. The SMILES string of the molecule is O=C(Nc1ccc(S(=O)(=O)Nc2cccnc2)cc1)C1CCN(S(=O)(=O)CCCc2ccccc2)CC1. The van der Waals surface area contributed by atoms with Gasteiger partial charge >= 0.3 is 0 Å². The van der Waals surface area contributed by atoms with Crippen LogP contribution in [-0.4, -0.2) is 50.9 Å². The number of amides is 1. The maximum absolute atomic E-state index is 12.8. The van der Waals surface area contributed by atoms with Gasteiger partial charge in [-0.1, -0.05) is 30.3 Å². The van der Waals surface area contributed by atoms with Gasteiger partial charge in [-0.3, -0.25) is 14.5 Å². The number of aromatic nitrogens is 1. The molecule has 1 saturated heterocycles. The summed E-state index contributed by atoms with van der Waals surface area (Å²) >= 11 is 0. The highest BCUT2D eigenvalue weighted by Gasteiger charge is 2.31. The number of anilines is 2. The lowest BCUT2D eigenvalue weighted by molar-refractivity contribution is -0.120. The second-order valence-corrected chi connectivity index (χ2v) is 12.7. The van der Waals surface area contributed by atoms with Gasteiger partial charge in [-0.25, -0.2) is 21.1 Å². The first-order chi connectivity index (χ1) is 17.7. The fraction of sp³-hybridized carbons (Fsp3) is 0.308. The molecule has 0 radical (unpaired) electrons. The molecule has 2 N–H and O–H groups in total. The fourth-order valence-corrected chi connectivity index (χ4v) is 6.81. The van der Waals surface area contributed by atoms with E-state index in [0.717, 1.165) is 5.56 Å². The number of carbonyl (C=O) groups excluding carboxylic acids is 1. The number of aryl methyl sites for hydroxylation is 1. The van der Waals surface area contributed by atoms with Gasteiger partial charge in [0.05, 0.1) is 22.5 Å². The Hall–Kier alpha value is -3.28. The van der Waals surface area contributed by atoms with Crippen molar-refractivity contribution >= 4 is 37.3 Å². The third-order valence-electron chi connectivity index (χ3n) is 6.27. The zero-order valence-corrected chi connectivity index (χ0v) is 21.9. The average molecular weight is 543 g/mol. The van der Waals surface area contributed by atoms with Crippen LogP contribution in [0.25, 0.3) is 0 Å². The van der Waals surface area contributed by atoms with Crippen LogP contribution in [0, 0.1) is 5.92 Å². The first-order valence-electron chi connectivity index (χ1n) is 12.1. The maximum atomic E-state index is 12.8. The van der Waals surface area contributed by atoms with Gasteiger partial charge in [0.15, 0.2) is 0 Å². The van der Waals surface area contributed by atoms with Crippen molar-refractivity contribution in [3.05, 3.63) is 84.7 Å². The molecular weight excluding hydrogens is 512 g/mol. The maximum Gasteiger partial charge on any atom is 0.261 e. The Labute approximate surface area is 218 Å². The Morgan fingerprint density at radius 1 is 0.892 bits per heavy atom. The number of hydrogen-bond acceptors (Lipinski definition) is 6. The highest BCUT2D eigenvalue weighted by Crippen LogP contribution is 2.23. The average Bonchev–Trinajstić information content (AvgIpc) is 2.90. The quantitative estimate of drug-likeness (QED) is 0.404. The van der Waals surface area contributed by atoms with Gasteiger partial charge in [0.2, 0.25) is 15.9 Å². The Bertz CT molecular complexity index is 1390. The van der Waals surface area contributed by atoms with E-state index in [1.807, 2.05) is 30.3 Å². The van der Waals surface area contributed by atoms with Crippen molar-refractivity contribution in [2.45, 2.75) is 30.6 Å². The summed E-state index contributed by atoms with van der Waals surface area (Å²) in [6.07, 6.45) is 5.09. The first-order valence-corrected chi connectivity index (χ1v) is 15.2. The van der Waals surface area contributed by atoms with Crippen LogP contribution in [0.1, 0.15) is 24.8 Å². The van der Waals surface area contributed by atoms with Crippen LogP contribution in [0.5, 0.6) is 0 Å². The molecule has 1 aliphatic heterocycles. The molecule has 1 amide bonds. The molecule has 3 aromatic rings. The predicted molar refractivity (Wildman–Crippen MR) is 143 cm³/mol. The Morgan fingerprint density at radius 2 is 1.59 bits per heavy atom. The standard InChI is InChI=1S/C26H30N4O5S2/c31-26(28-23-10-12-25(13-11-23)37(34,35)29-24-9-4-16-27-20-24)22-14-17-30(18-15-22)36(32,33)19-5-8-21-6-2-1-3-7-21/h1-4,6-7,9-13,16,20,22,29H,5,8,14-15,17-19H2,(H,28,31). The molecule has 0 saturated carbocycles. The van der Waals surface area contributed by atoms with Crippen molar-refractivity contribution in [3.8, 4) is 0 Å². The van der Waals surface area contributed by atoms with Crippen molar-refractivity contribution in [2.24, 2.45) is 5.92 Å². The number of nitrogens with zero attached hydrogens (tertiary/aromatic N) is 2. The van der Waals surface area contributed by atoms with Crippen molar-refractivity contribution in [1.29, 1.82) is 0 Å². The van der Waals surface area contributed by atoms with Crippen LogP contribution in [0.2, 0.25) is 0 Å². The minimum absolute atomic E-state index is 0.0557. The number of carbonyl (C=O) groups is 1. The van der Waals surface area contributed by atoms with Crippen molar-refractivity contribution < 1.29 is 21.6 Å². The molecule has 0 bridgehead atoms. The van der Waals surface area contributed by atoms with E-state index >= 15 is 0 Å². The summed E-state index contributed by atoms with van der Waals surface area (Å²) in [7, 11) is -7.16. The molecule has 0 atom stereocenters. The number of benzene rings is 2. The lowest BCUT2D eigenvalue weighted by atomic mass is 9.97. The molecule has 0 spiro atoms. The van der Waals surface area contributed by atoms with E-state index < -0.39 is 20.0 Å². The molecule has 4 rings (SSSR count). The number of hydrogen-bond donors (Lipinski definition) is 2. The summed E-state index contributed by atoms with van der Waals surface area (Å²) in [4.78, 5) is 16.7. The summed E-state index contributed by atoms with van der Waals surface area (Å²) < 4.78 is 54.5. The number of piperidine rings is 1. The highest BCUT2D eigenvalue weighted by atomic mass is 32.2. The monoisotopic (exact) mass is 542 g/mol. The zero-order valence-electron chi connectivity index (χ0n) is 20.3. The summed E-state index contributed by atoms with van der Waals surface area (Å²) in [6.45, 7) is 0.617. The second-order valence-electron chi connectivity index (χ2n) is 8.94. The molecule has 196 valence electrons. The van der Waals surface area contributed by atoms with Crippen molar-refractivity contribution in [2.75, 3.05) is 28.9 Å². The van der Waals surface area contributed by atoms with Gasteiger partial charge in [0, 0.05) is 30.9 Å². The van der Waals surface area contributed by atoms with E-state index in [2.05, 4.69) is 15.0 Å². The van der Waals surface area contributed by atoms with Crippen LogP contribution < -0.4 is 10.0 Å². The largest absolute Gasteiger partial charge is 0.326 e. The third-order valence-corrected chi connectivity index (χ3v) is 9.63. The van der Waals surface area contributed by atoms with E-state index in [0.29, 0.717) is 50.1 Å². The van der Waals surface area contributed by atoms with Crippen molar-refractivity contribution in [1.82, 2.24) is 9.29 Å². The minimum atomic E-state index is -3.79. The molecule has 37 heavy (non-hydrogen) atoms. The van der Waals surface area contributed by atoms with Crippen LogP contribution >= 0.6 is 0 Å². The van der Waals surface area contributed by atoms with E-state index in [1.165, 1.54) is 34.8 Å². The molecule has 11 heteroatoms. The predicted octanol–water partition coefficient (Wildman–Crippen LogP) is 3.50. The summed E-state index contributed by atoms with van der Waals surface area (Å²) in [5, 5.41) is 2.81. The summed E-state index contributed by atoms with van der Waals surface area (Å²) in [5.41, 5.74) is 1.94. The van der Waals surface area contributed by atoms with Gasteiger partial charge in [0.25, 0.3) is 10.0 Å². The molecule has 1 fully saturated rings. The number of rotatable bonds is 10. The third kappa shape index (κ3) is 7.37. The molecule has 0 unspecified atom stereocenters. The van der Waals surface area contributed by atoms with E-state index in [9.17, 15) is 21.6 Å². The van der Waals surface area contributed by atoms with Crippen molar-refractivity contribution in [3.63, 3.8) is 0 Å². The van der Waals surface area contributed by atoms with Gasteiger partial charge < -0.3 is 5.32 Å². The normalized spacial score (nSPS) is 15.2. The second kappa shape index (κ2) is 11.8. The molecule has 9 nitrogen and oxygen atoms in total. The van der Waals surface area contributed by atoms with Gasteiger partial charge in [-0.2, -0.15) is 0 Å². The van der Waals surface area contributed by atoms with Crippen LogP contribution in [0.15, 0.2) is 84.0 Å². The van der Waals surface area contributed by atoms with Gasteiger partial charge in [-0.15, -0.1) is 0 Å². The Kier molecular flexibility index (Phi) is 8.57. The topological polar surface area (TPSA) is 126 Å². The van der Waals surface area contributed by atoms with E-state index in [1.54, 1.807) is 18.3 Å². The highest BCUT2D eigenvalue weighted by molar-refractivity contribution is 7.92. The van der Waals surface area contributed by atoms with Crippen LogP contribution in [0.4, 0.5) is 11.4 Å². The molecule has 1 aliphatic rings. The lowest BCUT2D eigenvalue weighted by Gasteiger charge is -2.30. The molecule has 2 heterocycles. The zero-order chi connectivity index (χ0) is 26.3. The lowest BCUT2D eigenvalue weighted by Crippen LogP contribution is -2.42. The molecule has 1 aromatic heterocycles. The number of nitrogens with one attached hydrogen (secondary N) is 2. The molecular formula is C26H30N4O5S2. The Morgan fingerprint density at radius 3 is 2.24 bits per heavy atom. The molecule has 0 aliphatic carbocycles. The summed E-state index contributed by atoms with van der Waals surface area (Å²) in [6, 6.07) is 18.9. The van der Waals surface area contributed by atoms with Gasteiger partial charge in [-0.05, 0) is 67.6 Å². The number of pyridine rings is 1. The van der Waals surface area contributed by atoms with Crippen LogP contribution in [-0.2, 0) is 31.3 Å². The van der Waals surface area contributed by atoms with Gasteiger partial charge in [0.1, 0.15) is 0 Å². The van der Waals surface area contributed by atoms with E-state index in [-0.39, 0.29) is 22.5 Å². The van der Waals surface area contributed by atoms with Crippen LogP contribution in [0.3, 0.4) is 0 Å². The summed E-state index contributed by atoms with van der Waals surface area (Å²) in [5.74, 6) is -0.430. The smallest absolute Gasteiger partial charge is 0.261 e. The first kappa shape index (κ1) is 26.8. The minimum Gasteiger partial charge on any atom is -0.326 e.